The monoisotopic (exact) mass is 297 g/mol. The molecule has 1 atom stereocenters. The lowest BCUT2D eigenvalue weighted by atomic mass is 10.1. The van der Waals surface area contributed by atoms with E-state index in [0.717, 1.165) is 30.1 Å². The predicted molar refractivity (Wildman–Crippen MR) is 84.5 cm³/mol. The van der Waals surface area contributed by atoms with Crippen LogP contribution in [0.15, 0.2) is 48.8 Å². The van der Waals surface area contributed by atoms with Crippen LogP contribution in [0, 0.1) is 0 Å². The van der Waals surface area contributed by atoms with Gasteiger partial charge in [0, 0.05) is 23.8 Å². The van der Waals surface area contributed by atoms with Crippen LogP contribution in [0.4, 0.5) is 0 Å². The Hall–Kier alpha value is -1.84. The van der Waals surface area contributed by atoms with Gasteiger partial charge in [0.15, 0.2) is 0 Å². The Bertz CT molecular complexity index is 794. The van der Waals surface area contributed by atoms with Gasteiger partial charge in [0.25, 0.3) is 0 Å². The predicted octanol–water partition coefficient (Wildman–Crippen LogP) is 3.76. The minimum Gasteiger partial charge on any atom is -0.304 e. The van der Waals surface area contributed by atoms with Crippen molar-refractivity contribution in [3.05, 3.63) is 70.6 Å². The molecule has 3 nitrogen and oxygen atoms in total. The molecule has 1 unspecified atom stereocenters. The summed E-state index contributed by atoms with van der Waals surface area (Å²) in [5.74, 6) is 0. The van der Waals surface area contributed by atoms with Gasteiger partial charge in [-0.1, -0.05) is 29.8 Å². The van der Waals surface area contributed by atoms with Crippen LogP contribution in [-0.2, 0) is 13.0 Å². The molecule has 0 aliphatic heterocycles. The van der Waals surface area contributed by atoms with Gasteiger partial charge in [-0.3, -0.25) is 0 Å². The van der Waals surface area contributed by atoms with E-state index in [4.69, 9.17) is 11.6 Å². The first kappa shape index (κ1) is 12.9. The van der Waals surface area contributed by atoms with Crippen LogP contribution in [0.5, 0.6) is 0 Å². The van der Waals surface area contributed by atoms with E-state index in [0.29, 0.717) is 6.04 Å². The van der Waals surface area contributed by atoms with Gasteiger partial charge in [-0.25, -0.2) is 4.98 Å². The molecule has 2 heterocycles. The SMILES string of the molecule is Clc1cccc2c1CCC2NCc1cnc2ccccn12. The zero-order valence-electron chi connectivity index (χ0n) is 11.6. The van der Waals surface area contributed by atoms with E-state index in [9.17, 15) is 0 Å². The average molecular weight is 298 g/mol. The highest BCUT2D eigenvalue weighted by atomic mass is 35.5. The highest BCUT2D eigenvalue weighted by Crippen LogP contribution is 2.35. The van der Waals surface area contributed by atoms with E-state index >= 15 is 0 Å². The second-order valence-electron chi connectivity index (χ2n) is 5.46. The molecule has 2 aromatic heterocycles. The zero-order valence-corrected chi connectivity index (χ0v) is 12.3. The van der Waals surface area contributed by atoms with Gasteiger partial charge in [0.05, 0.1) is 11.9 Å². The Labute approximate surface area is 128 Å². The molecule has 0 saturated heterocycles. The van der Waals surface area contributed by atoms with E-state index in [1.807, 2.05) is 36.5 Å². The molecule has 3 aromatic rings. The second kappa shape index (κ2) is 5.17. The fourth-order valence-electron chi connectivity index (χ4n) is 3.17. The number of aromatic nitrogens is 2. The number of nitrogens with one attached hydrogen (secondary N) is 1. The number of pyridine rings is 1. The number of benzene rings is 1. The smallest absolute Gasteiger partial charge is 0.136 e. The zero-order chi connectivity index (χ0) is 14.2. The molecular formula is C17H16ClN3. The topological polar surface area (TPSA) is 29.3 Å². The van der Waals surface area contributed by atoms with Gasteiger partial charge in [0.2, 0.25) is 0 Å². The van der Waals surface area contributed by atoms with Crippen molar-refractivity contribution in [1.82, 2.24) is 14.7 Å². The largest absolute Gasteiger partial charge is 0.304 e. The van der Waals surface area contributed by atoms with Crippen LogP contribution in [0.1, 0.15) is 29.3 Å². The number of nitrogens with zero attached hydrogens (tertiary/aromatic N) is 2. The molecule has 4 rings (SSSR count). The molecular weight excluding hydrogens is 282 g/mol. The lowest BCUT2D eigenvalue weighted by Gasteiger charge is -2.14. The van der Waals surface area contributed by atoms with Crippen LogP contribution in [0.2, 0.25) is 5.02 Å². The van der Waals surface area contributed by atoms with Gasteiger partial charge < -0.3 is 9.72 Å². The van der Waals surface area contributed by atoms with Crippen molar-refractivity contribution in [3.63, 3.8) is 0 Å². The molecule has 4 heteroatoms. The quantitative estimate of drug-likeness (QED) is 0.797. The Morgan fingerprint density at radius 2 is 2.19 bits per heavy atom. The summed E-state index contributed by atoms with van der Waals surface area (Å²) in [6.07, 6.45) is 6.16. The van der Waals surface area contributed by atoms with Gasteiger partial charge >= 0.3 is 0 Å². The fourth-order valence-corrected chi connectivity index (χ4v) is 3.44. The minimum atomic E-state index is 0.382. The average Bonchev–Trinajstić information content (AvgIpc) is 3.10. The molecule has 1 aliphatic carbocycles. The van der Waals surface area contributed by atoms with Crippen molar-refractivity contribution in [1.29, 1.82) is 0 Å². The molecule has 21 heavy (non-hydrogen) atoms. The standard InChI is InChI=1S/C17H16ClN3/c18-15-5-3-4-14-13(15)7-8-16(14)19-10-12-11-20-17-6-1-2-9-21(12)17/h1-6,9,11,16,19H,7-8,10H2. The number of halogens is 1. The Morgan fingerprint density at radius 3 is 3.14 bits per heavy atom. The van der Waals surface area contributed by atoms with Crippen molar-refractivity contribution in [2.45, 2.75) is 25.4 Å². The van der Waals surface area contributed by atoms with Crippen molar-refractivity contribution in [2.75, 3.05) is 0 Å². The van der Waals surface area contributed by atoms with Crippen molar-refractivity contribution >= 4 is 17.2 Å². The number of fused-ring (bicyclic) bond motifs is 2. The molecule has 0 fully saturated rings. The first-order valence-corrected chi connectivity index (χ1v) is 7.62. The maximum absolute atomic E-state index is 6.27. The summed E-state index contributed by atoms with van der Waals surface area (Å²) < 4.78 is 2.13. The molecule has 1 aromatic carbocycles. The molecule has 0 radical (unpaired) electrons. The van der Waals surface area contributed by atoms with Crippen LogP contribution >= 0.6 is 11.6 Å². The summed E-state index contributed by atoms with van der Waals surface area (Å²) in [5.41, 5.74) is 4.82. The van der Waals surface area contributed by atoms with Gasteiger partial charge in [-0.05, 0) is 42.2 Å². The van der Waals surface area contributed by atoms with E-state index < -0.39 is 0 Å². The van der Waals surface area contributed by atoms with Crippen molar-refractivity contribution in [3.8, 4) is 0 Å². The van der Waals surface area contributed by atoms with Crippen LogP contribution in [0.3, 0.4) is 0 Å². The molecule has 1 aliphatic rings. The third kappa shape index (κ3) is 2.23. The number of rotatable bonds is 3. The summed E-state index contributed by atoms with van der Waals surface area (Å²) in [4.78, 5) is 4.42. The van der Waals surface area contributed by atoms with E-state index in [2.05, 4.69) is 27.0 Å². The molecule has 1 N–H and O–H groups in total. The van der Waals surface area contributed by atoms with Gasteiger partial charge in [0.1, 0.15) is 5.65 Å². The first-order chi connectivity index (χ1) is 10.3. The summed E-state index contributed by atoms with van der Waals surface area (Å²) in [5, 5.41) is 4.54. The molecule has 0 amide bonds. The second-order valence-corrected chi connectivity index (χ2v) is 5.87. The van der Waals surface area contributed by atoms with E-state index in [1.165, 1.54) is 16.8 Å². The van der Waals surface area contributed by atoms with Crippen molar-refractivity contribution in [2.24, 2.45) is 0 Å². The number of hydrogen-bond donors (Lipinski definition) is 1. The van der Waals surface area contributed by atoms with E-state index in [1.54, 1.807) is 0 Å². The summed E-state index contributed by atoms with van der Waals surface area (Å²) in [6.45, 7) is 0.807. The van der Waals surface area contributed by atoms with Crippen LogP contribution in [-0.4, -0.2) is 9.38 Å². The molecule has 0 saturated carbocycles. The van der Waals surface area contributed by atoms with Crippen LogP contribution in [0.25, 0.3) is 5.65 Å². The maximum Gasteiger partial charge on any atom is 0.136 e. The normalized spacial score (nSPS) is 17.3. The highest BCUT2D eigenvalue weighted by Gasteiger charge is 2.23. The fraction of sp³-hybridized carbons (Fsp3) is 0.235. The summed E-state index contributed by atoms with van der Waals surface area (Å²) >= 11 is 6.27. The third-order valence-corrected chi connectivity index (χ3v) is 4.59. The maximum atomic E-state index is 6.27. The molecule has 106 valence electrons. The molecule has 0 spiro atoms. The lowest BCUT2D eigenvalue weighted by molar-refractivity contribution is 0.524. The molecule has 0 bridgehead atoms. The summed E-state index contributed by atoms with van der Waals surface area (Å²) in [7, 11) is 0. The number of imidazole rings is 1. The Balaban J connectivity index is 1.55. The first-order valence-electron chi connectivity index (χ1n) is 7.24. The summed E-state index contributed by atoms with van der Waals surface area (Å²) in [6, 6.07) is 12.6. The highest BCUT2D eigenvalue weighted by molar-refractivity contribution is 6.31. The van der Waals surface area contributed by atoms with Crippen molar-refractivity contribution < 1.29 is 0 Å². The minimum absolute atomic E-state index is 0.382. The van der Waals surface area contributed by atoms with Gasteiger partial charge in [-0.15, -0.1) is 0 Å². The third-order valence-electron chi connectivity index (χ3n) is 4.24. The van der Waals surface area contributed by atoms with Gasteiger partial charge in [-0.2, -0.15) is 0 Å². The lowest BCUT2D eigenvalue weighted by Crippen LogP contribution is -2.19. The Kier molecular flexibility index (Phi) is 3.17. The Morgan fingerprint density at radius 1 is 1.24 bits per heavy atom. The van der Waals surface area contributed by atoms with Crippen LogP contribution < -0.4 is 5.32 Å². The van der Waals surface area contributed by atoms with E-state index in [-0.39, 0.29) is 0 Å². The number of hydrogen-bond acceptors (Lipinski definition) is 2.